The van der Waals surface area contributed by atoms with Gasteiger partial charge in [-0.1, -0.05) is 18.2 Å². The zero-order chi connectivity index (χ0) is 12.5. The van der Waals surface area contributed by atoms with E-state index in [0.717, 1.165) is 28.0 Å². The van der Waals surface area contributed by atoms with Crippen LogP contribution in [0.15, 0.2) is 40.9 Å². The summed E-state index contributed by atoms with van der Waals surface area (Å²) in [5.41, 5.74) is 2.69. The summed E-state index contributed by atoms with van der Waals surface area (Å²) in [6.45, 7) is 1.97. The molecule has 3 rings (SSSR count). The number of fused-ring (bicyclic) bond motifs is 1. The van der Waals surface area contributed by atoms with Crippen molar-refractivity contribution in [2.75, 3.05) is 12.4 Å². The Balaban J connectivity index is 2.19. The van der Waals surface area contributed by atoms with Gasteiger partial charge in [0.15, 0.2) is 5.76 Å². The van der Waals surface area contributed by atoms with E-state index in [2.05, 4.69) is 15.3 Å². The second-order valence-corrected chi connectivity index (χ2v) is 4.12. The van der Waals surface area contributed by atoms with Crippen LogP contribution >= 0.6 is 0 Å². The Bertz CT molecular complexity index is 670. The lowest BCUT2D eigenvalue weighted by Gasteiger charge is -2.03. The van der Waals surface area contributed by atoms with Crippen LogP contribution in [-0.4, -0.2) is 17.0 Å². The van der Waals surface area contributed by atoms with Crippen molar-refractivity contribution >= 4 is 16.9 Å². The molecule has 2 heterocycles. The SMILES string of the molecule is CNc1ncc(C)c(-c2cc3ccccc3o2)n1. The van der Waals surface area contributed by atoms with Crippen molar-refractivity contribution in [1.82, 2.24) is 9.97 Å². The third-order valence-electron chi connectivity index (χ3n) is 2.85. The van der Waals surface area contributed by atoms with Gasteiger partial charge in [0.2, 0.25) is 5.95 Å². The van der Waals surface area contributed by atoms with E-state index >= 15 is 0 Å². The normalized spacial score (nSPS) is 10.8. The predicted octanol–water partition coefficient (Wildman–Crippen LogP) is 3.24. The molecule has 3 aromatic rings. The Morgan fingerprint density at radius 1 is 1.22 bits per heavy atom. The van der Waals surface area contributed by atoms with Crippen LogP contribution in [0.5, 0.6) is 0 Å². The Labute approximate surface area is 105 Å². The first-order valence-electron chi connectivity index (χ1n) is 5.78. The van der Waals surface area contributed by atoms with Gasteiger partial charge in [-0.2, -0.15) is 0 Å². The molecular formula is C14H13N3O. The quantitative estimate of drug-likeness (QED) is 0.745. The third-order valence-corrected chi connectivity index (χ3v) is 2.85. The number of para-hydroxylation sites is 1. The summed E-state index contributed by atoms with van der Waals surface area (Å²) in [5.74, 6) is 1.36. The first-order chi connectivity index (χ1) is 8.78. The largest absolute Gasteiger partial charge is 0.454 e. The van der Waals surface area contributed by atoms with Crippen molar-refractivity contribution in [2.45, 2.75) is 6.92 Å². The van der Waals surface area contributed by atoms with E-state index in [-0.39, 0.29) is 0 Å². The summed E-state index contributed by atoms with van der Waals surface area (Å²) in [4.78, 5) is 8.61. The lowest BCUT2D eigenvalue weighted by atomic mass is 10.2. The molecule has 18 heavy (non-hydrogen) atoms. The molecule has 2 aromatic heterocycles. The number of aryl methyl sites for hydroxylation is 1. The summed E-state index contributed by atoms with van der Waals surface area (Å²) in [5, 5.41) is 4.01. The number of aromatic nitrogens is 2. The van der Waals surface area contributed by atoms with Gasteiger partial charge in [-0.05, 0) is 24.6 Å². The van der Waals surface area contributed by atoms with Crippen LogP contribution < -0.4 is 5.32 Å². The highest BCUT2D eigenvalue weighted by Gasteiger charge is 2.11. The van der Waals surface area contributed by atoms with E-state index < -0.39 is 0 Å². The summed E-state index contributed by atoms with van der Waals surface area (Å²) in [6, 6.07) is 9.94. The molecule has 0 aliphatic rings. The lowest BCUT2D eigenvalue weighted by molar-refractivity contribution is 0.628. The highest BCUT2D eigenvalue weighted by Crippen LogP contribution is 2.28. The van der Waals surface area contributed by atoms with Gasteiger partial charge >= 0.3 is 0 Å². The maximum atomic E-state index is 5.82. The summed E-state index contributed by atoms with van der Waals surface area (Å²) in [6.07, 6.45) is 1.79. The van der Waals surface area contributed by atoms with Crippen LogP contribution in [0.1, 0.15) is 5.56 Å². The molecule has 4 heteroatoms. The van der Waals surface area contributed by atoms with E-state index in [1.807, 2.05) is 37.3 Å². The van der Waals surface area contributed by atoms with E-state index in [4.69, 9.17) is 4.42 Å². The first-order valence-corrected chi connectivity index (χ1v) is 5.78. The Morgan fingerprint density at radius 3 is 2.83 bits per heavy atom. The molecule has 1 N–H and O–H groups in total. The smallest absolute Gasteiger partial charge is 0.223 e. The number of nitrogens with one attached hydrogen (secondary N) is 1. The standard InChI is InChI=1S/C14H13N3O/c1-9-8-16-14(15-2)17-13(9)12-7-10-5-3-4-6-11(10)18-12/h3-8H,1-2H3,(H,15,16,17). The molecule has 0 amide bonds. The molecule has 0 radical (unpaired) electrons. The maximum absolute atomic E-state index is 5.82. The summed E-state index contributed by atoms with van der Waals surface area (Å²) >= 11 is 0. The number of furan rings is 1. The van der Waals surface area contributed by atoms with Crippen molar-refractivity contribution in [3.8, 4) is 11.5 Å². The highest BCUT2D eigenvalue weighted by molar-refractivity contribution is 5.82. The number of rotatable bonds is 2. The van der Waals surface area contributed by atoms with Crippen LogP contribution in [0.4, 0.5) is 5.95 Å². The van der Waals surface area contributed by atoms with Crippen LogP contribution in [0.25, 0.3) is 22.4 Å². The van der Waals surface area contributed by atoms with Gasteiger partial charge in [0, 0.05) is 18.6 Å². The van der Waals surface area contributed by atoms with Crippen LogP contribution in [0, 0.1) is 6.92 Å². The zero-order valence-electron chi connectivity index (χ0n) is 10.3. The maximum Gasteiger partial charge on any atom is 0.223 e. The van der Waals surface area contributed by atoms with Crippen molar-refractivity contribution < 1.29 is 4.42 Å². The lowest BCUT2D eigenvalue weighted by Crippen LogP contribution is -1.98. The molecule has 4 nitrogen and oxygen atoms in total. The highest BCUT2D eigenvalue weighted by atomic mass is 16.3. The average molecular weight is 239 g/mol. The molecular weight excluding hydrogens is 226 g/mol. The number of hydrogen-bond donors (Lipinski definition) is 1. The minimum atomic E-state index is 0.594. The molecule has 0 atom stereocenters. The van der Waals surface area contributed by atoms with Crippen LogP contribution in [0.3, 0.4) is 0 Å². The fraction of sp³-hybridized carbons (Fsp3) is 0.143. The van der Waals surface area contributed by atoms with Gasteiger partial charge in [-0.3, -0.25) is 0 Å². The molecule has 0 aliphatic carbocycles. The number of nitrogens with zero attached hydrogens (tertiary/aromatic N) is 2. The second-order valence-electron chi connectivity index (χ2n) is 4.12. The minimum Gasteiger partial charge on any atom is -0.454 e. The molecule has 0 spiro atoms. The van der Waals surface area contributed by atoms with Gasteiger partial charge in [-0.15, -0.1) is 0 Å². The van der Waals surface area contributed by atoms with Crippen molar-refractivity contribution in [3.05, 3.63) is 42.1 Å². The fourth-order valence-electron chi connectivity index (χ4n) is 1.91. The van der Waals surface area contributed by atoms with Gasteiger partial charge < -0.3 is 9.73 Å². The minimum absolute atomic E-state index is 0.594. The Hall–Kier alpha value is -2.36. The summed E-state index contributed by atoms with van der Waals surface area (Å²) in [7, 11) is 1.80. The van der Waals surface area contributed by atoms with Crippen LogP contribution in [-0.2, 0) is 0 Å². The predicted molar refractivity (Wildman–Crippen MR) is 71.5 cm³/mol. The van der Waals surface area contributed by atoms with E-state index in [9.17, 15) is 0 Å². The van der Waals surface area contributed by atoms with Crippen molar-refractivity contribution in [1.29, 1.82) is 0 Å². The zero-order valence-corrected chi connectivity index (χ0v) is 10.3. The van der Waals surface area contributed by atoms with E-state index in [1.165, 1.54) is 0 Å². The second kappa shape index (κ2) is 4.14. The van der Waals surface area contributed by atoms with E-state index in [1.54, 1.807) is 13.2 Å². The van der Waals surface area contributed by atoms with Crippen molar-refractivity contribution in [2.24, 2.45) is 0 Å². The molecule has 0 unspecified atom stereocenters. The molecule has 0 bridgehead atoms. The van der Waals surface area contributed by atoms with Gasteiger partial charge in [0.1, 0.15) is 11.3 Å². The molecule has 0 aliphatic heterocycles. The third kappa shape index (κ3) is 1.72. The number of benzene rings is 1. The number of hydrogen-bond acceptors (Lipinski definition) is 4. The molecule has 1 aromatic carbocycles. The summed E-state index contributed by atoms with van der Waals surface area (Å²) < 4.78 is 5.82. The fourth-order valence-corrected chi connectivity index (χ4v) is 1.91. The topological polar surface area (TPSA) is 51.0 Å². The van der Waals surface area contributed by atoms with Crippen molar-refractivity contribution in [3.63, 3.8) is 0 Å². The molecule has 0 saturated carbocycles. The van der Waals surface area contributed by atoms with Gasteiger partial charge in [0.05, 0.1) is 0 Å². The first kappa shape index (κ1) is 10.8. The van der Waals surface area contributed by atoms with Gasteiger partial charge in [0.25, 0.3) is 0 Å². The Morgan fingerprint density at radius 2 is 2.06 bits per heavy atom. The monoisotopic (exact) mass is 239 g/mol. The molecule has 90 valence electrons. The van der Waals surface area contributed by atoms with E-state index in [0.29, 0.717) is 5.95 Å². The molecule has 0 fully saturated rings. The Kier molecular flexibility index (Phi) is 2.48. The average Bonchev–Trinajstić information content (AvgIpc) is 2.82. The van der Waals surface area contributed by atoms with Crippen LogP contribution in [0.2, 0.25) is 0 Å². The molecule has 0 saturated heterocycles. The van der Waals surface area contributed by atoms with Gasteiger partial charge in [-0.25, -0.2) is 9.97 Å². The number of anilines is 1.